The van der Waals surface area contributed by atoms with Gasteiger partial charge in [0.1, 0.15) is 0 Å². The van der Waals surface area contributed by atoms with E-state index in [1.165, 1.54) is 37.1 Å². The van der Waals surface area contributed by atoms with E-state index in [0.717, 1.165) is 37.3 Å². The van der Waals surface area contributed by atoms with Gasteiger partial charge in [-0.05, 0) is 74.2 Å². The Bertz CT molecular complexity index is 640. The highest BCUT2D eigenvalue weighted by atomic mass is 16.3. The first-order chi connectivity index (χ1) is 13.0. The molecule has 3 atom stereocenters. The van der Waals surface area contributed by atoms with Gasteiger partial charge in [-0.15, -0.1) is 0 Å². The number of benzene rings is 1. The number of hydrogen-bond acceptors (Lipinski definition) is 4. The Labute approximate surface area is 162 Å². The van der Waals surface area contributed by atoms with Crippen LogP contribution in [0.2, 0.25) is 0 Å². The molecule has 1 aliphatic heterocycles. The molecule has 1 aliphatic carbocycles. The van der Waals surface area contributed by atoms with Crippen LogP contribution in [0.15, 0.2) is 18.2 Å². The molecule has 27 heavy (non-hydrogen) atoms. The zero-order chi connectivity index (χ0) is 19.4. The zero-order valence-electron chi connectivity index (χ0n) is 16.7. The van der Waals surface area contributed by atoms with Crippen LogP contribution in [0.5, 0.6) is 0 Å². The second kappa shape index (κ2) is 9.18. The van der Waals surface area contributed by atoms with Gasteiger partial charge in [-0.3, -0.25) is 9.69 Å². The SMILES string of the molecule is CC[C@@H](O)[C@@H](O)C(=O)N[C@@H]1CCCc2cc(CN3CCC(C)CC3)ccc21. The summed E-state index contributed by atoms with van der Waals surface area (Å²) in [6.07, 6.45) is 3.48. The number of aliphatic hydroxyl groups is 2. The fourth-order valence-electron chi connectivity index (χ4n) is 4.25. The minimum atomic E-state index is -1.36. The van der Waals surface area contributed by atoms with E-state index in [2.05, 4.69) is 35.3 Å². The van der Waals surface area contributed by atoms with E-state index >= 15 is 0 Å². The van der Waals surface area contributed by atoms with Crippen LogP contribution < -0.4 is 5.32 Å². The third-order valence-corrected chi connectivity index (χ3v) is 6.17. The third kappa shape index (κ3) is 5.09. The summed E-state index contributed by atoms with van der Waals surface area (Å²) in [6, 6.07) is 6.54. The number of aliphatic hydroxyl groups excluding tert-OH is 2. The molecule has 0 unspecified atom stereocenters. The predicted molar refractivity (Wildman–Crippen MR) is 106 cm³/mol. The summed E-state index contributed by atoms with van der Waals surface area (Å²) in [4.78, 5) is 14.8. The first-order valence-corrected chi connectivity index (χ1v) is 10.5. The first kappa shape index (κ1) is 20.3. The van der Waals surface area contributed by atoms with Crippen molar-refractivity contribution in [2.24, 2.45) is 5.92 Å². The van der Waals surface area contributed by atoms with Gasteiger partial charge in [0, 0.05) is 6.54 Å². The molecule has 5 heteroatoms. The summed E-state index contributed by atoms with van der Waals surface area (Å²) in [5, 5.41) is 22.6. The number of carbonyl (C=O) groups excluding carboxylic acids is 1. The summed E-state index contributed by atoms with van der Waals surface area (Å²) in [5.74, 6) is 0.365. The molecule has 5 nitrogen and oxygen atoms in total. The van der Waals surface area contributed by atoms with Gasteiger partial charge in [0.2, 0.25) is 0 Å². The third-order valence-electron chi connectivity index (χ3n) is 6.17. The number of hydrogen-bond donors (Lipinski definition) is 3. The summed E-state index contributed by atoms with van der Waals surface area (Å²) in [5.41, 5.74) is 3.81. The summed E-state index contributed by atoms with van der Waals surface area (Å²) >= 11 is 0. The fourth-order valence-corrected chi connectivity index (χ4v) is 4.25. The number of nitrogens with zero attached hydrogens (tertiary/aromatic N) is 1. The van der Waals surface area contributed by atoms with Crippen LogP contribution in [0.25, 0.3) is 0 Å². The number of rotatable bonds is 6. The lowest BCUT2D eigenvalue weighted by molar-refractivity contribution is -0.136. The minimum absolute atomic E-state index is 0.0788. The number of likely N-dealkylation sites (tertiary alicyclic amines) is 1. The van der Waals surface area contributed by atoms with E-state index in [4.69, 9.17) is 0 Å². The number of fused-ring (bicyclic) bond motifs is 1. The van der Waals surface area contributed by atoms with Gasteiger partial charge in [-0.25, -0.2) is 0 Å². The maximum atomic E-state index is 12.2. The van der Waals surface area contributed by atoms with E-state index in [1.807, 2.05) is 0 Å². The molecule has 150 valence electrons. The molecule has 0 spiro atoms. The van der Waals surface area contributed by atoms with Gasteiger partial charge in [0.05, 0.1) is 12.1 Å². The van der Waals surface area contributed by atoms with E-state index < -0.39 is 18.1 Å². The van der Waals surface area contributed by atoms with Crippen molar-refractivity contribution < 1.29 is 15.0 Å². The number of piperidine rings is 1. The highest BCUT2D eigenvalue weighted by Gasteiger charge is 2.28. The van der Waals surface area contributed by atoms with Crippen molar-refractivity contribution in [3.63, 3.8) is 0 Å². The average molecular weight is 375 g/mol. The van der Waals surface area contributed by atoms with Crippen LogP contribution in [0.3, 0.4) is 0 Å². The Morgan fingerprint density at radius 2 is 2.00 bits per heavy atom. The molecular weight excluding hydrogens is 340 g/mol. The van der Waals surface area contributed by atoms with E-state index in [1.54, 1.807) is 6.92 Å². The highest BCUT2D eigenvalue weighted by Crippen LogP contribution is 2.31. The zero-order valence-corrected chi connectivity index (χ0v) is 16.7. The van der Waals surface area contributed by atoms with Crippen LogP contribution >= 0.6 is 0 Å². The Morgan fingerprint density at radius 3 is 2.70 bits per heavy atom. The monoisotopic (exact) mass is 374 g/mol. The van der Waals surface area contributed by atoms with Gasteiger partial charge in [-0.2, -0.15) is 0 Å². The molecule has 0 aromatic heterocycles. The molecular formula is C22H34N2O3. The van der Waals surface area contributed by atoms with Gasteiger partial charge in [-0.1, -0.05) is 32.0 Å². The Balaban J connectivity index is 1.65. The molecule has 1 aromatic rings. The van der Waals surface area contributed by atoms with Crippen LogP contribution in [-0.4, -0.2) is 46.3 Å². The number of aryl methyl sites for hydroxylation is 1. The summed E-state index contributed by atoms with van der Waals surface area (Å²) in [7, 11) is 0. The Hall–Kier alpha value is -1.43. The minimum Gasteiger partial charge on any atom is -0.390 e. The largest absolute Gasteiger partial charge is 0.390 e. The first-order valence-electron chi connectivity index (χ1n) is 10.5. The van der Waals surface area contributed by atoms with E-state index in [-0.39, 0.29) is 6.04 Å². The predicted octanol–water partition coefficient (Wildman–Crippen LogP) is 2.54. The molecule has 1 heterocycles. The van der Waals surface area contributed by atoms with Crippen LogP contribution in [0.4, 0.5) is 0 Å². The van der Waals surface area contributed by atoms with Gasteiger partial charge >= 0.3 is 0 Å². The maximum Gasteiger partial charge on any atom is 0.252 e. The molecule has 0 bridgehead atoms. The molecule has 0 radical (unpaired) electrons. The van der Waals surface area contributed by atoms with Crippen LogP contribution in [0.1, 0.15) is 68.7 Å². The summed E-state index contributed by atoms with van der Waals surface area (Å²) < 4.78 is 0. The molecule has 1 amide bonds. The van der Waals surface area contributed by atoms with Gasteiger partial charge < -0.3 is 15.5 Å². The van der Waals surface area contributed by atoms with Gasteiger partial charge in [0.15, 0.2) is 6.10 Å². The van der Waals surface area contributed by atoms with Crippen LogP contribution in [-0.2, 0) is 17.8 Å². The second-order valence-corrected chi connectivity index (χ2v) is 8.37. The molecule has 2 aliphatic rings. The van der Waals surface area contributed by atoms with E-state index in [0.29, 0.717) is 6.42 Å². The number of amides is 1. The summed E-state index contributed by atoms with van der Waals surface area (Å²) in [6.45, 7) is 7.43. The molecule has 1 saturated heterocycles. The molecule has 1 fully saturated rings. The van der Waals surface area contributed by atoms with Crippen molar-refractivity contribution in [2.45, 2.75) is 77.2 Å². The quantitative estimate of drug-likeness (QED) is 0.715. The lowest BCUT2D eigenvalue weighted by atomic mass is 9.86. The highest BCUT2D eigenvalue weighted by molar-refractivity contribution is 5.81. The maximum absolute atomic E-state index is 12.2. The number of nitrogens with one attached hydrogen (secondary N) is 1. The number of carbonyl (C=O) groups is 1. The second-order valence-electron chi connectivity index (χ2n) is 8.37. The van der Waals surface area contributed by atoms with Crippen molar-refractivity contribution >= 4 is 5.91 Å². The van der Waals surface area contributed by atoms with Crippen molar-refractivity contribution in [1.82, 2.24) is 10.2 Å². The van der Waals surface area contributed by atoms with Crippen molar-refractivity contribution in [2.75, 3.05) is 13.1 Å². The van der Waals surface area contributed by atoms with E-state index in [9.17, 15) is 15.0 Å². The van der Waals surface area contributed by atoms with Crippen molar-refractivity contribution in [1.29, 1.82) is 0 Å². The lowest BCUT2D eigenvalue weighted by Crippen LogP contribution is -2.44. The topological polar surface area (TPSA) is 72.8 Å². The lowest BCUT2D eigenvalue weighted by Gasteiger charge is -2.31. The Morgan fingerprint density at radius 1 is 1.26 bits per heavy atom. The molecule has 3 rings (SSSR count). The fraction of sp³-hybridized carbons (Fsp3) is 0.682. The smallest absolute Gasteiger partial charge is 0.252 e. The molecule has 1 aromatic carbocycles. The van der Waals surface area contributed by atoms with Gasteiger partial charge in [0.25, 0.3) is 5.91 Å². The standard InChI is InChI=1S/C22H34N2O3/c1-3-20(25)21(26)22(27)23-19-6-4-5-17-13-16(7-8-18(17)19)14-24-11-9-15(2)10-12-24/h7-8,13,15,19-21,25-26H,3-6,9-12,14H2,1-2H3,(H,23,27)/t19-,20-,21-/m1/s1. The molecule has 3 N–H and O–H groups in total. The van der Waals surface area contributed by atoms with Crippen molar-refractivity contribution in [3.05, 3.63) is 34.9 Å². The van der Waals surface area contributed by atoms with Crippen molar-refractivity contribution in [3.8, 4) is 0 Å². The normalized spacial score (nSPS) is 23.5. The Kier molecular flexibility index (Phi) is 6.90. The average Bonchev–Trinajstić information content (AvgIpc) is 2.68. The molecule has 0 saturated carbocycles. The van der Waals surface area contributed by atoms with Crippen LogP contribution in [0, 0.1) is 5.92 Å².